The Hall–Kier alpha value is -4.67. The largest absolute Gasteiger partial charge is 0.456 e. The summed E-state index contributed by atoms with van der Waals surface area (Å²) in [6.07, 6.45) is -12.2. The van der Waals surface area contributed by atoms with Gasteiger partial charge in [-0.25, -0.2) is 14.4 Å². The molecular weight excluding hydrogens is 754 g/mol. The van der Waals surface area contributed by atoms with Crippen LogP contribution in [0.1, 0.15) is 90.2 Å². The topological polar surface area (TPSA) is 224 Å². The maximum Gasteiger partial charge on any atom is 0.408 e. The molecule has 6 rings (SSSR count). The zero-order chi connectivity index (χ0) is 42.7. The maximum atomic E-state index is 14.9. The number of rotatable bonds is 8. The second-order valence-corrected chi connectivity index (χ2v) is 17.5. The van der Waals surface area contributed by atoms with Gasteiger partial charge in [0.25, 0.3) is 0 Å². The molecule has 1 amide bonds. The van der Waals surface area contributed by atoms with E-state index in [1.165, 1.54) is 32.9 Å². The van der Waals surface area contributed by atoms with E-state index in [9.17, 15) is 44.4 Å². The second kappa shape index (κ2) is 15.5. The van der Waals surface area contributed by atoms with E-state index in [0.29, 0.717) is 5.56 Å². The molecule has 2 aromatic carbocycles. The summed E-state index contributed by atoms with van der Waals surface area (Å²) in [4.78, 5) is 68.2. The summed E-state index contributed by atoms with van der Waals surface area (Å²) in [5.41, 5.74) is -6.13. The Morgan fingerprint density at radius 3 is 2.12 bits per heavy atom. The fourth-order valence-corrected chi connectivity index (χ4v) is 9.44. The molecule has 3 fully saturated rings. The number of fused-ring (bicyclic) bond motifs is 5. The lowest BCUT2D eigenvalue weighted by atomic mass is 9.45. The third kappa shape index (κ3) is 7.43. The van der Waals surface area contributed by atoms with Gasteiger partial charge >= 0.3 is 24.0 Å². The SMILES string of the molecule is CC(=O)O[C@H]1O[C@@H]2C[C@H](O)[C@@]3(C)C(=O)[C@H](O)C4=C(C)[C@@H](OC(=O)[C@H](O)[C@@H](NC(=O)OC(C)(C)C)c5ccccc5)C[C@@](O)([C@@H](OC(=O)c5ccccc5)[C@@H]3[C@H]12)C4(C)C. The first-order valence-corrected chi connectivity index (χ1v) is 19.4. The lowest BCUT2D eigenvalue weighted by molar-refractivity contribution is -0.352. The third-order valence-electron chi connectivity index (χ3n) is 12.5. The van der Waals surface area contributed by atoms with Crippen molar-refractivity contribution in [3.05, 3.63) is 82.9 Å². The molecule has 5 N–H and O–H groups in total. The van der Waals surface area contributed by atoms with Crippen LogP contribution in [0.3, 0.4) is 0 Å². The second-order valence-electron chi connectivity index (χ2n) is 17.5. The van der Waals surface area contributed by atoms with E-state index in [1.54, 1.807) is 83.1 Å². The van der Waals surface area contributed by atoms with Gasteiger partial charge in [-0.15, -0.1) is 0 Å². The average Bonchev–Trinajstić information content (AvgIpc) is 3.14. The lowest BCUT2D eigenvalue weighted by Crippen LogP contribution is -2.76. The molecule has 2 aromatic rings. The van der Waals surface area contributed by atoms with E-state index >= 15 is 0 Å². The fourth-order valence-electron chi connectivity index (χ4n) is 9.44. The van der Waals surface area contributed by atoms with Crippen molar-refractivity contribution in [2.45, 2.75) is 128 Å². The van der Waals surface area contributed by atoms with Gasteiger partial charge in [-0.3, -0.25) is 9.59 Å². The van der Waals surface area contributed by atoms with E-state index in [4.69, 9.17) is 23.7 Å². The van der Waals surface area contributed by atoms with Crippen molar-refractivity contribution >= 4 is 29.8 Å². The Labute approximate surface area is 336 Å². The highest BCUT2D eigenvalue weighted by molar-refractivity contribution is 5.94. The van der Waals surface area contributed by atoms with Gasteiger partial charge in [0.1, 0.15) is 29.5 Å². The van der Waals surface area contributed by atoms with Gasteiger partial charge in [-0.2, -0.15) is 0 Å². The molecule has 2 saturated carbocycles. The van der Waals surface area contributed by atoms with Gasteiger partial charge < -0.3 is 49.4 Å². The predicted molar refractivity (Wildman–Crippen MR) is 203 cm³/mol. The summed E-state index contributed by atoms with van der Waals surface area (Å²) in [6, 6.07) is 14.7. The zero-order valence-electron chi connectivity index (χ0n) is 33.8. The number of ether oxygens (including phenoxy) is 5. The minimum Gasteiger partial charge on any atom is -0.456 e. The van der Waals surface area contributed by atoms with Gasteiger partial charge in [0.15, 0.2) is 11.9 Å². The summed E-state index contributed by atoms with van der Waals surface area (Å²) in [5, 5.41) is 51.4. The number of carbonyl (C=O) groups excluding carboxylic acids is 5. The van der Waals surface area contributed by atoms with Crippen LogP contribution in [0.25, 0.3) is 0 Å². The molecule has 2 bridgehead atoms. The third-order valence-corrected chi connectivity index (χ3v) is 12.5. The Balaban J connectivity index is 1.46. The molecule has 0 spiro atoms. The number of amides is 1. The molecule has 3 aliphatic carbocycles. The fraction of sp³-hybridized carbons (Fsp3) is 0.558. The maximum absolute atomic E-state index is 14.9. The van der Waals surface area contributed by atoms with Crippen LogP contribution in [0.2, 0.25) is 0 Å². The Morgan fingerprint density at radius 1 is 0.931 bits per heavy atom. The van der Waals surface area contributed by atoms with Crippen LogP contribution in [-0.4, -0.2) is 104 Å². The van der Waals surface area contributed by atoms with Gasteiger partial charge in [-0.05, 0) is 63.5 Å². The molecular formula is C43H53NO14. The van der Waals surface area contributed by atoms with Crippen molar-refractivity contribution in [1.29, 1.82) is 0 Å². The Kier molecular flexibility index (Phi) is 11.5. The molecule has 15 heteroatoms. The molecule has 314 valence electrons. The molecule has 0 radical (unpaired) electrons. The van der Waals surface area contributed by atoms with Crippen molar-refractivity contribution in [3.63, 3.8) is 0 Å². The van der Waals surface area contributed by atoms with Gasteiger partial charge in [-0.1, -0.05) is 62.4 Å². The van der Waals surface area contributed by atoms with Crippen molar-refractivity contribution in [3.8, 4) is 0 Å². The number of benzene rings is 2. The van der Waals surface area contributed by atoms with Crippen molar-refractivity contribution in [2.24, 2.45) is 22.7 Å². The molecule has 15 nitrogen and oxygen atoms in total. The number of carbonyl (C=O) groups is 5. The highest BCUT2D eigenvalue weighted by Gasteiger charge is 2.74. The number of hydrogen-bond donors (Lipinski definition) is 5. The van der Waals surface area contributed by atoms with Gasteiger partial charge in [0.2, 0.25) is 6.29 Å². The average molecular weight is 808 g/mol. The molecule has 4 aliphatic rings. The molecule has 12 atom stereocenters. The summed E-state index contributed by atoms with van der Waals surface area (Å²) in [7, 11) is 0. The van der Waals surface area contributed by atoms with Crippen LogP contribution in [-0.2, 0) is 38.1 Å². The quantitative estimate of drug-likeness (QED) is 0.146. The highest BCUT2D eigenvalue weighted by Crippen LogP contribution is 2.63. The summed E-state index contributed by atoms with van der Waals surface area (Å²) >= 11 is 0. The minimum atomic E-state index is -2.29. The number of hydrogen-bond acceptors (Lipinski definition) is 14. The normalized spacial score (nSPS) is 33.7. The number of ketones is 1. The van der Waals surface area contributed by atoms with Crippen LogP contribution >= 0.6 is 0 Å². The summed E-state index contributed by atoms with van der Waals surface area (Å²) in [6.45, 7) is 12.2. The van der Waals surface area contributed by atoms with E-state index in [2.05, 4.69) is 5.32 Å². The van der Waals surface area contributed by atoms with Crippen molar-refractivity contribution in [2.75, 3.05) is 0 Å². The first kappa shape index (κ1) is 42.9. The van der Waals surface area contributed by atoms with Crippen molar-refractivity contribution in [1.82, 2.24) is 5.32 Å². The first-order chi connectivity index (χ1) is 27.0. The highest BCUT2D eigenvalue weighted by atomic mass is 16.7. The number of alkyl carbamates (subject to hydrolysis) is 1. The Morgan fingerprint density at radius 2 is 1.53 bits per heavy atom. The van der Waals surface area contributed by atoms with Gasteiger partial charge in [0, 0.05) is 31.1 Å². The predicted octanol–water partition coefficient (Wildman–Crippen LogP) is 3.46. The van der Waals surface area contributed by atoms with Crippen LogP contribution in [0.5, 0.6) is 0 Å². The van der Waals surface area contributed by atoms with Gasteiger partial charge in [0.05, 0.1) is 35.1 Å². The summed E-state index contributed by atoms with van der Waals surface area (Å²) < 4.78 is 29.1. The van der Waals surface area contributed by atoms with E-state index in [1.807, 2.05) is 0 Å². The number of nitrogens with one attached hydrogen (secondary N) is 1. The lowest BCUT2D eigenvalue weighted by Gasteiger charge is -2.65. The minimum absolute atomic E-state index is 0.0406. The van der Waals surface area contributed by atoms with E-state index < -0.39 is 119 Å². The first-order valence-electron chi connectivity index (χ1n) is 19.4. The number of Topliss-reactive ketones (excluding diaryl/α,β-unsaturated/α-hetero) is 1. The molecule has 1 saturated heterocycles. The molecule has 0 unspecified atom stereocenters. The standard InChI is InChI=1S/C43H53NO14/c1-21-26(55-37(51)33(48)31(23-15-11-9-12-16-23)44-39(52)58-40(3,4)5)20-43(53)35(57-36(50)24-17-13-10-14-18-24)30-28-25(56-38(28)54-22(2)45)19-27(46)42(30,8)34(49)32(47)29(21)41(43,6)7/h9-18,25-28,30-33,35,38,46-48,53H,19-20H2,1-8H3,(H,44,52)/t25-,26+,27+,28-,30+,31+,32-,33-,35+,38+,42-,43-/m1/s1. The monoisotopic (exact) mass is 807 g/mol. The summed E-state index contributed by atoms with van der Waals surface area (Å²) in [5.74, 6) is -5.93. The number of aliphatic hydroxyl groups excluding tert-OH is 3. The zero-order valence-corrected chi connectivity index (χ0v) is 33.8. The Bertz CT molecular complexity index is 1960. The number of aliphatic hydroxyl groups is 4. The van der Waals surface area contributed by atoms with E-state index in [-0.39, 0.29) is 23.1 Å². The van der Waals surface area contributed by atoms with Crippen LogP contribution < -0.4 is 5.32 Å². The number of esters is 3. The van der Waals surface area contributed by atoms with Crippen molar-refractivity contribution < 1.29 is 68.1 Å². The van der Waals surface area contributed by atoms with Crippen LogP contribution in [0, 0.1) is 22.7 Å². The molecule has 0 aromatic heterocycles. The van der Waals surface area contributed by atoms with Crippen LogP contribution in [0.15, 0.2) is 71.8 Å². The molecule has 1 aliphatic heterocycles. The molecule has 1 heterocycles. The smallest absolute Gasteiger partial charge is 0.408 e. The van der Waals surface area contributed by atoms with Crippen LogP contribution in [0.4, 0.5) is 4.79 Å². The van der Waals surface area contributed by atoms with E-state index in [0.717, 1.165) is 0 Å². The molecule has 58 heavy (non-hydrogen) atoms.